The Kier molecular flexibility index (Phi) is 4.36. The molecule has 1 atom stereocenters. The molecule has 0 radical (unpaired) electrons. The van der Waals surface area contributed by atoms with E-state index in [1.807, 2.05) is 13.0 Å². The Bertz CT molecular complexity index is 484. The average molecular weight is 290 g/mol. The summed E-state index contributed by atoms with van der Waals surface area (Å²) >= 11 is 0. The Balaban J connectivity index is 1.66. The lowest BCUT2D eigenvalue weighted by Crippen LogP contribution is -2.28. The summed E-state index contributed by atoms with van der Waals surface area (Å²) < 4.78 is 11.0. The van der Waals surface area contributed by atoms with Crippen LogP contribution in [0.2, 0.25) is 0 Å². The van der Waals surface area contributed by atoms with E-state index in [2.05, 4.69) is 22.3 Å². The number of rotatable bonds is 5. The van der Waals surface area contributed by atoms with Crippen LogP contribution in [0.25, 0.3) is 0 Å². The second-order valence-corrected chi connectivity index (χ2v) is 6.31. The highest BCUT2D eigenvalue weighted by Crippen LogP contribution is 2.37. The zero-order chi connectivity index (χ0) is 14.7. The van der Waals surface area contributed by atoms with Crippen LogP contribution in [0, 0.1) is 5.41 Å². The molecule has 2 heterocycles. The van der Waals surface area contributed by atoms with Gasteiger partial charge in [0.15, 0.2) is 11.5 Å². The van der Waals surface area contributed by atoms with Gasteiger partial charge in [0.05, 0.1) is 13.7 Å². The van der Waals surface area contributed by atoms with Crippen molar-refractivity contribution in [2.75, 3.05) is 39.9 Å². The maximum atomic E-state index is 5.67. The van der Waals surface area contributed by atoms with E-state index in [1.54, 1.807) is 7.11 Å². The maximum absolute atomic E-state index is 5.67. The SMILES string of the molecule is CCOc1cc(CN2CCC3(CCNC3)C2)ccc1OC. The van der Waals surface area contributed by atoms with Gasteiger partial charge in [-0.05, 0) is 56.0 Å². The molecule has 0 saturated carbocycles. The number of ether oxygens (including phenoxy) is 2. The third kappa shape index (κ3) is 3.16. The molecule has 21 heavy (non-hydrogen) atoms. The van der Waals surface area contributed by atoms with Crippen molar-refractivity contribution in [1.82, 2.24) is 10.2 Å². The summed E-state index contributed by atoms with van der Waals surface area (Å²) in [5, 5.41) is 3.52. The summed E-state index contributed by atoms with van der Waals surface area (Å²) in [6.07, 6.45) is 2.66. The van der Waals surface area contributed by atoms with Gasteiger partial charge in [-0.1, -0.05) is 6.07 Å². The predicted molar refractivity (Wildman–Crippen MR) is 84.0 cm³/mol. The van der Waals surface area contributed by atoms with Crippen molar-refractivity contribution in [2.45, 2.75) is 26.3 Å². The zero-order valence-corrected chi connectivity index (χ0v) is 13.2. The fraction of sp³-hybridized carbons (Fsp3) is 0.647. The number of nitrogens with zero attached hydrogens (tertiary/aromatic N) is 1. The molecule has 4 heteroatoms. The molecule has 0 amide bonds. The summed E-state index contributed by atoms with van der Waals surface area (Å²) in [5.74, 6) is 1.67. The highest BCUT2D eigenvalue weighted by molar-refractivity contribution is 5.43. The van der Waals surface area contributed by atoms with Crippen LogP contribution in [-0.2, 0) is 6.54 Å². The molecule has 0 aromatic heterocycles. The third-order valence-electron chi connectivity index (χ3n) is 4.78. The van der Waals surface area contributed by atoms with Crippen molar-refractivity contribution in [3.8, 4) is 11.5 Å². The van der Waals surface area contributed by atoms with Gasteiger partial charge >= 0.3 is 0 Å². The van der Waals surface area contributed by atoms with Crippen LogP contribution in [0.3, 0.4) is 0 Å². The predicted octanol–water partition coefficient (Wildman–Crippen LogP) is 2.28. The second kappa shape index (κ2) is 6.24. The van der Waals surface area contributed by atoms with Crippen molar-refractivity contribution in [2.24, 2.45) is 5.41 Å². The minimum atomic E-state index is 0.537. The topological polar surface area (TPSA) is 33.7 Å². The van der Waals surface area contributed by atoms with Gasteiger partial charge in [0.25, 0.3) is 0 Å². The smallest absolute Gasteiger partial charge is 0.161 e. The van der Waals surface area contributed by atoms with Gasteiger partial charge < -0.3 is 14.8 Å². The summed E-state index contributed by atoms with van der Waals surface area (Å²) in [7, 11) is 1.69. The zero-order valence-electron chi connectivity index (χ0n) is 13.2. The average Bonchev–Trinajstić information content (AvgIpc) is 3.10. The van der Waals surface area contributed by atoms with Crippen LogP contribution in [0.4, 0.5) is 0 Å². The minimum absolute atomic E-state index is 0.537. The number of benzene rings is 1. The minimum Gasteiger partial charge on any atom is -0.493 e. The van der Waals surface area contributed by atoms with Crippen LogP contribution in [0.5, 0.6) is 11.5 Å². The molecule has 1 spiro atoms. The third-order valence-corrected chi connectivity index (χ3v) is 4.78. The molecular weight excluding hydrogens is 264 g/mol. The summed E-state index contributed by atoms with van der Waals surface area (Å²) in [6, 6.07) is 6.29. The number of likely N-dealkylation sites (tertiary alicyclic amines) is 1. The molecular formula is C17H26N2O2. The first-order valence-corrected chi connectivity index (χ1v) is 7.97. The fourth-order valence-corrected chi connectivity index (χ4v) is 3.65. The second-order valence-electron chi connectivity index (χ2n) is 6.31. The number of methoxy groups -OCH3 is 1. The summed E-state index contributed by atoms with van der Waals surface area (Å²) in [5.41, 5.74) is 1.84. The highest BCUT2D eigenvalue weighted by Gasteiger charge is 2.40. The van der Waals surface area contributed by atoms with Gasteiger partial charge in [0, 0.05) is 19.6 Å². The van der Waals surface area contributed by atoms with Gasteiger partial charge in [-0.2, -0.15) is 0 Å². The lowest BCUT2D eigenvalue weighted by molar-refractivity contribution is 0.267. The molecule has 1 aromatic carbocycles. The Hall–Kier alpha value is -1.26. The van der Waals surface area contributed by atoms with Crippen LogP contribution >= 0.6 is 0 Å². The molecule has 1 aromatic rings. The molecule has 2 saturated heterocycles. The Morgan fingerprint density at radius 1 is 1.29 bits per heavy atom. The number of hydrogen-bond acceptors (Lipinski definition) is 4. The number of nitrogens with one attached hydrogen (secondary N) is 1. The van der Waals surface area contributed by atoms with Crippen LogP contribution in [0.15, 0.2) is 18.2 Å². The van der Waals surface area contributed by atoms with Gasteiger partial charge in [-0.15, -0.1) is 0 Å². The van der Waals surface area contributed by atoms with E-state index in [9.17, 15) is 0 Å². The largest absolute Gasteiger partial charge is 0.493 e. The number of hydrogen-bond donors (Lipinski definition) is 1. The van der Waals surface area contributed by atoms with Crippen molar-refractivity contribution in [3.63, 3.8) is 0 Å². The fourth-order valence-electron chi connectivity index (χ4n) is 3.65. The highest BCUT2D eigenvalue weighted by atomic mass is 16.5. The van der Waals surface area contributed by atoms with E-state index in [0.717, 1.165) is 18.0 Å². The van der Waals surface area contributed by atoms with Gasteiger partial charge in [0.2, 0.25) is 0 Å². The first-order valence-electron chi connectivity index (χ1n) is 7.97. The quantitative estimate of drug-likeness (QED) is 0.902. The van der Waals surface area contributed by atoms with E-state index < -0.39 is 0 Å². The van der Waals surface area contributed by atoms with E-state index in [1.165, 1.54) is 44.6 Å². The van der Waals surface area contributed by atoms with Gasteiger partial charge in [-0.3, -0.25) is 4.90 Å². The lowest BCUT2D eigenvalue weighted by Gasteiger charge is -2.23. The first-order chi connectivity index (χ1) is 10.2. The Morgan fingerprint density at radius 2 is 2.19 bits per heavy atom. The van der Waals surface area contributed by atoms with E-state index >= 15 is 0 Å². The Labute approximate surface area is 127 Å². The van der Waals surface area contributed by atoms with Crippen molar-refractivity contribution in [1.29, 1.82) is 0 Å². The normalized spacial score (nSPS) is 25.6. The van der Waals surface area contributed by atoms with E-state index in [-0.39, 0.29) is 0 Å². The molecule has 4 nitrogen and oxygen atoms in total. The van der Waals surface area contributed by atoms with Crippen molar-refractivity contribution < 1.29 is 9.47 Å². The molecule has 3 rings (SSSR count). The summed E-state index contributed by atoms with van der Waals surface area (Å²) in [4.78, 5) is 2.57. The standard InChI is InChI=1S/C17H26N2O2/c1-3-21-16-10-14(4-5-15(16)20-2)11-19-9-7-17(13-19)6-8-18-12-17/h4-5,10,18H,3,6-9,11-13H2,1-2H3. The van der Waals surface area contributed by atoms with Gasteiger partial charge in [-0.25, -0.2) is 0 Å². The van der Waals surface area contributed by atoms with Crippen LogP contribution in [0.1, 0.15) is 25.3 Å². The van der Waals surface area contributed by atoms with Crippen molar-refractivity contribution in [3.05, 3.63) is 23.8 Å². The van der Waals surface area contributed by atoms with Crippen LogP contribution in [-0.4, -0.2) is 44.8 Å². The molecule has 2 aliphatic heterocycles. The Morgan fingerprint density at radius 3 is 2.90 bits per heavy atom. The maximum Gasteiger partial charge on any atom is 0.161 e. The molecule has 1 N–H and O–H groups in total. The van der Waals surface area contributed by atoms with Crippen LogP contribution < -0.4 is 14.8 Å². The summed E-state index contributed by atoms with van der Waals surface area (Å²) in [6.45, 7) is 8.47. The monoisotopic (exact) mass is 290 g/mol. The molecule has 116 valence electrons. The molecule has 1 unspecified atom stereocenters. The molecule has 2 aliphatic rings. The van der Waals surface area contributed by atoms with Crippen molar-refractivity contribution >= 4 is 0 Å². The van der Waals surface area contributed by atoms with Gasteiger partial charge in [0.1, 0.15) is 0 Å². The molecule has 2 fully saturated rings. The lowest BCUT2D eigenvalue weighted by atomic mass is 9.86. The van der Waals surface area contributed by atoms with E-state index in [4.69, 9.17) is 9.47 Å². The molecule has 0 bridgehead atoms. The van der Waals surface area contributed by atoms with E-state index in [0.29, 0.717) is 12.0 Å². The first kappa shape index (κ1) is 14.7. The molecule has 0 aliphatic carbocycles.